The van der Waals surface area contributed by atoms with E-state index in [-0.39, 0.29) is 11.8 Å². The summed E-state index contributed by atoms with van der Waals surface area (Å²) in [6, 6.07) is 12.6. The molecule has 128 valence electrons. The lowest BCUT2D eigenvalue weighted by molar-refractivity contribution is 0.0941. The molecule has 0 aliphatic rings. The first kappa shape index (κ1) is 17.0. The van der Waals surface area contributed by atoms with Crippen molar-refractivity contribution < 1.29 is 14.3 Å². The molecule has 25 heavy (non-hydrogen) atoms. The van der Waals surface area contributed by atoms with Gasteiger partial charge in [-0.1, -0.05) is 35.9 Å². The first-order valence-electron chi connectivity index (χ1n) is 7.73. The van der Waals surface area contributed by atoms with Crippen LogP contribution >= 0.6 is 11.6 Å². The maximum Gasteiger partial charge on any atom is 0.253 e. The van der Waals surface area contributed by atoms with E-state index in [4.69, 9.17) is 16.3 Å². The number of carbonyl (C=O) groups is 2. The van der Waals surface area contributed by atoms with Crippen LogP contribution in [0.25, 0.3) is 10.9 Å². The minimum atomic E-state index is -0.266. The molecular weight excluding hydrogens is 340 g/mol. The summed E-state index contributed by atoms with van der Waals surface area (Å²) < 4.78 is 6.72. The molecule has 0 aliphatic carbocycles. The van der Waals surface area contributed by atoms with Gasteiger partial charge in [0.1, 0.15) is 5.75 Å². The Labute approximate surface area is 150 Å². The highest BCUT2D eigenvalue weighted by Gasteiger charge is 2.17. The molecule has 0 bridgehead atoms. The number of rotatable bonds is 4. The summed E-state index contributed by atoms with van der Waals surface area (Å²) in [6.45, 7) is 1.76. The molecule has 0 saturated carbocycles. The fourth-order valence-corrected chi connectivity index (χ4v) is 2.93. The van der Waals surface area contributed by atoms with Crippen LogP contribution in [0.3, 0.4) is 0 Å². The summed E-state index contributed by atoms with van der Waals surface area (Å²) in [4.78, 5) is 24.5. The predicted molar refractivity (Wildman–Crippen MR) is 97.4 cm³/mol. The highest BCUT2D eigenvalue weighted by Crippen LogP contribution is 2.25. The average molecular weight is 357 g/mol. The minimum absolute atomic E-state index is 0.184. The number of benzene rings is 2. The molecule has 0 spiro atoms. The summed E-state index contributed by atoms with van der Waals surface area (Å²) in [5.74, 6) is 0.259. The molecule has 0 aliphatic heterocycles. The fourth-order valence-electron chi connectivity index (χ4n) is 2.76. The predicted octanol–water partition coefficient (Wildman–Crippen LogP) is 3.89. The number of hydrogen-bond donors (Lipinski definition) is 1. The Bertz CT molecular complexity index is 962. The first-order chi connectivity index (χ1) is 12.0. The molecule has 5 nitrogen and oxygen atoms in total. The van der Waals surface area contributed by atoms with Crippen LogP contribution in [0.2, 0.25) is 5.02 Å². The van der Waals surface area contributed by atoms with Gasteiger partial charge in [-0.2, -0.15) is 0 Å². The number of fused-ring (bicyclic) bond motifs is 1. The van der Waals surface area contributed by atoms with E-state index in [1.165, 1.54) is 11.5 Å². The largest absolute Gasteiger partial charge is 0.496 e. The van der Waals surface area contributed by atoms with Gasteiger partial charge in [-0.15, -0.1) is 0 Å². The van der Waals surface area contributed by atoms with Crippen LogP contribution in [0.5, 0.6) is 5.75 Å². The molecule has 1 aromatic heterocycles. The molecule has 0 saturated heterocycles. The number of amides is 1. The smallest absolute Gasteiger partial charge is 0.253 e. The standard InChI is InChI=1S/C19H17ClN2O3/c1-12(23)22-11-16(15-8-7-14(20)9-17(15)22)19(24)21-10-13-5-3-4-6-18(13)25-2/h3-9,11H,10H2,1-2H3,(H,21,24). The lowest BCUT2D eigenvalue weighted by atomic mass is 10.1. The maximum atomic E-state index is 12.6. The van der Waals surface area contributed by atoms with Gasteiger partial charge >= 0.3 is 0 Å². The van der Waals surface area contributed by atoms with Crippen molar-refractivity contribution in [3.63, 3.8) is 0 Å². The zero-order valence-electron chi connectivity index (χ0n) is 13.9. The third kappa shape index (κ3) is 3.37. The third-order valence-corrected chi connectivity index (χ3v) is 4.22. The summed E-state index contributed by atoms with van der Waals surface area (Å²) >= 11 is 6.02. The number of hydrogen-bond acceptors (Lipinski definition) is 3. The van der Waals surface area contributed by atoms with E-state index < -0.39 is 0 Å². The number of halogens is 1. The highest BCUT2D eigenvalue weighted by molar-refractivity contribution is 6.31. The van der Waals surface area contributed by atoms with Crippen molar-refractivity contribution in [2.45, 2.75) is 13.5 Å². The Morgan fingerprint density at radius 1 is 1.20 bits per heavy atom. The monoisotopic (exact) mass is 356 g/mol. The van der Waals surface area contributed by atoms with Crippen LogP contribution in [0, 0.1) is 0 Å². The van der Waals surface area contributed by atoms with Crippen molar-refractivity contribution >= 4 is 34.3 Å². The van der Waals surface area contributed by atoms with E-state index in [0.29, 0.717) is 33.8 Å². The maximum absolute atomic E-state index is 12.6. The Kier molecular flexibility index (Phi) is 4.76. The van der Waals surface area contributed by atoms with E-state index in [1.807, 2.05) is 24.3 Å². The molecule has 3 aromatic rings. The Hall–Kier alpha value is -2.79. The first-order valence-corrected chi connectivity index (χ1v) is 8.10. The lowest BCUT2D eigenvalue weighted by Gasteiger charge is -2.09. The van der Waals surface area contributed by atoms with E-state index in [9.17, 15) is 9.59 Å². The van der Waals surface area contributed by atoms with E-state index in [1.54, 1.807) is 31.5 Å². The van der Waals surface area contributed by atoms with Gasteiger partial charge in [-0.25, -0.2) is 0 Å². The van der Waals surface area contributed by atoms with E-state index in [2.05, 4.69) is 5.32 Å². The summed E-state index contributed by atoms with van der Waals surface area (Å²) in [7, 11) is 1.59. The van der Waals surface area contributed by atoms with Gasteiger partial charge in [0.2, 0.25) is 5.91 Å². The van der Waals surface area contributed by atoms with Crippen LogP contribution in [0.4, 0.5) is 0 Å². The van der Waals surface area contributed by atoms with Crippen molar-refractivity contribution in [2.75, 3.05) is 7.11 Å². The van der Waals surface area contributed by atoms with Crippen molar-refractivity contribution in [3.05, 3.63) is 64.8 Å². The van der Waals surface area contributed by atoms with Gasteiger partial charge < -0.3 is 10.1 Å². The van der Waals surface area contributed by atoms with Gasteiger partial charge in [0.05, 0.1) is 18.2 Å². The molecule has 1 heterocycles. The molecule has 6 heteroatoms. The second kappa shape index (κ2) is 6.99. The summed E-state index contributed by atoms with van der Waals surface area (Å²) in [5, 5.41) is 4.06. The molecular formula is C19H17ClN2O3. The van der Waals surface area contributed by atoms with Gasteiger partial charge in [0, 0.05) is 35.6 Å². The second-order valence-electron chi connectivity index (χ2n) is 5.59. The fraction of sp³-hybridized carbons (Fsp3) is 0.158. The molecule has 1 N–H and O–H groups in total. The molecule has 3 rings (SSSR count). The molecule has 0 atom stereocenters. The van der Waals surface area contributed by atoms with Crippen LogP contribution in [0.15, 0.2) is 48.7 Å². The number of ether oxygens (including phenoxy) is 1. The van der Waals surface area contributed by atoms with E-state index in [0.717, 1.165) is 5.56 Å². The zero-order valence-corrected chi connectivity index (χ0v) is 14.6. The zero-order chi connectivity index (χ0) is 18.0. The van der Waals surface area contributed by atoms with Crippen molar-refractivity contribution in [2.24, 2.45) is 0 Å². The molecule has 0 unspecified atom stereocenters. The normalized spacial score (nSPS) is 10.7. The van der Waals surface area contributed by atoms with Crippen molar-refractivity contribution in [1.82, 2.24) is 9.88 Å². The van der Waals surface area contributed by atoms with Crippen LogP contribution in [0.1, 0.15) is 27.6 Å². The third-order valence-electron chi connectivity index (χ3n) is 3.98. The Balaban J connectivity index is 1.91. The van der Waals surface area contributed by atoms with Gasteiger partial charge in [-0.3, -0.25) is 14.2 Å². The SMILES string of the molecule is COc1ccccc1CNC(=O)c1cn(C(C)=O)c2cc(Cl)ccc12. The van der Waals surface area contributed by atoms with Gasteiger partial charge in [0.15, 0.2) is 0 Å². The molecule has 0 fully saturated rings. The van der Waals surface area contributed by atoms with Crippen molar-refractivity contribution in [1.29, 1.82) is 0 Å². The van der Waals surface area contributed by atoms with Gasteiger partial charge in [-0.05, 0) is 18.2 Å². The van der Waals surface area contributed by atoms with Crippen LogP contribution in [-0.2, 0) is 6.54 Å². The highest BCUT2D eigenvalue weighted by atomic mass is 35.5. The van der Waals surface area contributed by atoms with Crippen LogP contribution < -0.4 is 10.1 Å². The van der Waals surface area contributed by atoms with Crippen LogP contribution in [-0.4, -0.2) is 23.5 Å². The number of methoxy groups -OCH3 is 1. The molecule has 1 amide bonds. The number of nitrogens with one attached hydrogen (secondary N) is 1. The quantitative estimate of drug-likeness (QED) is 0.771. The minimum Gasteiger partial charge on any atom is -0.496 e. The number of para-hydroxylation sites is 1. The number of aromatic nitrogens is 1. The summed E-state index contributed by atoms with van der Waals surface area (Å²) in [5.41, 5.74) is 1.91. The lowest BCUT2D eigenvalue weighted by Crippen LogP contribution is -2.23. The van der Waals surface area contributed by atoms with E-state index >= 15 is 0 Å². The number of nitrogens with zero attached hydrogens (tertiary/aromatic N) is 1. The Morgan fingerprint density at radius 3 is 2.68 bits per heavy atom. The van der Waals surface area contributed by atoms with Gasteiger partial charge in [0.25, 0.3) is 5.91 Å². The average Bonchev–Trinajstić information content (AvgIpc) is 2.98. The summed E-state index contributed by atoms with van der Waals surface area (Å²) in [6.07, 6.45) is 1.54. The molecule has 2 aromatic carbocycles. The Morgan fingerprint density at radius 2 is 1.96 bits per heavy atom. The second-order valence-corrected chi connectivity index (χ2v) is 6.02. The van der Waals surface area contributed by atoms with Crippen molar-refractivity contribution in [3.8, 4) is 5.75 Å². The number of carbonyl (C=O) groups excluding carboxylic acids is 2. The topological polar surface area (TPSA) is 60.3 Å². The molecule has 0 radical (unpaired) electrons.